The van der Waals surface area contributed by atoms with Gasteiger partial charge in [-0.3, -0.25) is 4.79 Å². The number of ether oxygens (including phenoxy) is 2. The van der Waals surface area contributed by atoms with E-state index in [0.717, 1.165) is 5.56 Å². The molecule has 0 spiro atoms. The molecular formula is C15H16N2O4. The summed E-state index contributed by atoms with van der Waals surface area (Å²) < 4.78 is 10.0. The zero-order chi connectivity index (χ0) is 15.2. The molecule has 0 radical (unpaired) electrons. The summed E-state index contributed by atoms with van der Waals surface area (Å²) in [4.78, 5) is 26.8. The number of carbonyl (C=O) groups excluding carboxylic acids is 2. The number of amides is 1. The van der Waals surface area contributed by atoms with Crippen molar-refractivity contribution in [3.8, 4) is 5.75 Å². The Balaban J connectivity index is 1.98. The van der Waals surface area contributed by atoms with Crippen LogP contribution in [0.3, 0.4) is 0 Å². The summed E-state index contributed by atoms with van der Waals surface area (Å²) in [6.07, 6.45) is 1.68. The lowest BCUT2D eigenvalue weighted by atomic mass is 10.2. The summed E-state index contributed by atoms with van der Waals surface area (Å²) in [5.74, 6) is 0.521. The Kier molecular flexibility index (Phi) is 4.71. The fourth-order valence-corrected chi connectivity index (χ4v) is 1.75. The average molecular weight is 288 g/mol. The van der Waals surface area contributed by atoms with E-state index < -0.39 is 5.97 Å². The second-order valence-electron chi connectivity index (χ2n) is 4.34. The van der Waals surface area contributed by atoms with Gasteiger partial charge in [0, 0.05) is 0 Å². The van der Waals surface area contributed by atoms with Gasteiger partial charge in [-0.2, -0.15) is 0 Å². The third kappa shape index (κ3) is 4.17. The molecule has 1 N–H and O–H groups in total. The maximum atomic E-state index is 11.5. The summed E-state index contributed by atoms with van der Waals surface area (Å²) in [6.45, 7) is 3.67. The molecule has 1 aromatic rings. The number of nitrogens with zero attached hydrogens (tertiary/aromatic N) is 1. The van der Waals surface area contributed by atoms with E-state index in [2.05, 4.69) is 10.3 Å². The van der Waals surface area contributed by atoms with Crippen molar-refractivity contribution in [3.05, 3.63) is 35.5 Å². The van der Waals surface area contributed by atoms with Crippen molar-refractivity contribution in [1.82, 2.24) is 5.32 Å². The van der Waals surface area contributed by atoms with E-state index in [1.165, 1.54) is 0 Å². The molecule has 1 aliphatic rings. The number of esters is 1. The predicted molar refractivity (Wildman–Crippen MR) is 77.8 cm³/mol. The number of nitrogens with one attached hydrogen (secondary N) is 1. The van der Waals surface area contributed by atoms with E-state index in [1.807, 2.05) is 0 Å². The van der Waals surface area contributed by atoms with Crippen LogP contribution >= 0.6 is 0 Å². The zero-order valence-corrected chi connectivity index (χ0v) is 11.9. The highest BCUT2D eigenvalue weighted by Gasteiger charge is 2.16. The van der Waals surface area contributed by atoms with Gasteiger partial charge in [0.2, 0.25) is 0 Å². The van der Waals surface area contributed by atoms with Gasteiger partial charge >= 0.3 is 5.97 Å². The Bertz CT molecular complexity index is 603. The van der Waals surface area contributed by atoms with Crippen LogP contribution in [0.4, 0.5) is 0 Å². The van der Waals surface area contributed by atoms with Crippen molar-refractivity contribution in [2.24, 2.45) is 4.99 Å². The molecule has 1 amide bonds. The molecule has 0 unspecified atom stereocenters. The Morgan fingerprint density at radius 2 is 2.05 bits per heavy atom. The number of amidine groups is 1. The van der Waals surface area contributed by atoms with Gasteiger partial charge in [0.1, 0.15) is 17.3 Å². The summed E-state index contributed by atoms with van der Waals surface area (Å²) >= 11 is 0. The second kappa shape index (κ2) is 6.69. The zero-order valence-electron chi connectivity index (χ0n) is 11.9. The van der Waals surface area contributed by atoms with Gasteiger partial charge in [-0.05, 0) is 37.6 Å². The normalized spacial score (nSPS) is 15.6. The van der Waals surface area contributed by atoms with Gasteiger partial charge in [-0.1, -0.05) is 12.1 Å². The van der Waals surface area contributed by atoms with E-state index >= 15 is 0 Å². The molecule has 110 valence electrons. The quantitative estimate of drug-likeness (QED) is 0.658. The summed E-state index contributed by atoms with van der Waals surface area (Å²) in [6, 6.07) is 7.00. The average Bonchev–Trinajstić information content (AvgIpc) is 2.76. The molecule has 0 fully saturated rings. The molecule has 0 saturated heterocycles. The fourth-order valence-electron chi connectivity index (χ4n) is 1.75. The first-order chi connectivity index (χ1) is 10.1. The predicted octanol–water partition coefficient (Wildman–Crippen LogP) is 1.52. The van der Waals surface area contributed by atoms with Gasteiger partial charge in [0.15, 0.2) is 6.61 Å². The maximum Gasteiger partial charge on any atom is 0.344 e. The summed E-state index contributed by atoms with van der Waals surface area (Å²) in [5, 5.41) is 2.61. The van der Waals surface area contributed by atoms with Gasteiger partial charge < -0.3 is 14.8 Å². The number of rotatable bonds is 5. The van der Waals surface area contributed by atoms with Gasteiger partial charge in [0.05, 0.1) is 6.61 Å². The highest BCUT2D eigenvalue weighted by molar-refractivity contribution is 6.13. The molecular weight excluding hydrogens is 272 g/mol. The van der Waals surface area contributed by atoms with E-state index in [1.54, 1.807) is 44.2 Å². The van der Waals surface area contributed by atoms with Gasteiger partial charge in [-0.15, -0.1) is 0 Å². The molecule has 1 aliphatic heterocycles. The Hall–Kier alpha value is -2.63. The number of benzene rings is 1. The minimum absolute atomic E-state index is 0.125. The highest BCUT2D eigenvalue weighted by Crippen LogP contribution is 2.16. The van der Waals surface area contributed by atoms with Crippen LogP contribution in [0.1, 0.15) is 19.4 Å². The SMILES string of the molecule is CCOC(=O)COc1ccc(/C=C2/N=C(C)NC2=O)cc1. The Morgan fingerprint density at radius 3 is 2.62 bits per heavy atom. The largest absolute Gasteiger partial charge is 0.482 e. The first-order valence-electron chi connectivity index (χ1n) is 6.55. The van der Waals surface area contributed by atoms with Crippen LogP contribution in [-0.2, 0) is 14.3 Å². The standard InChI is InChI=1S/C15H16N2O4/c1-3-20-14(18)9-21-12-6-4-11(5-7-12)8-13-15(19)17-10(2)16-13/h4-8H,3,9H2,1-2H3,(H,16,17,19)/b13-8+. The molecule has 1 aromatic carbocycles. The molecule has 0 atom stereocenters. The minimum Gasteiger partial charge on any atom is -0.482 e. The van der Waals surface area contributed by atoms with Gasteiger partial charge in [-0.25, -0.2) is 9.79 Å². The third-order valence-electron chi connectivity index (χ3n) is 2.66. The lowest BCUT2D eigenvalue weighted by Gasteiger charge is -2.05. The maximum absolute atomic E-state index is 11.5. The molecule has 2 rings (SSSR count). The van der Waals surface area contributed by atoms with Crippen LogP contribution in [0, 0.1) is 0 Å². The van der Waals surface area contributed by atoms with Crippen molar-refractivity contribution >= 4 is 23.8 Å². The molecule has 6 nitrogen and oxygen atoms in total. The van der Waals surface area contributed by atoms with E-state index in [9.17, 15) is 9.59 Å². The van der Waals surface area contributed by atoms with E-state index in [4.69, 9.17) is 9.47 Å². The smallest absolute Gasteiger partial charge is 0.344 e. The first-order valence-corrected chi connectivity index (χ1v) is 6.55. The van der Waals surface area contributed by atoms with Crippen molar-refractivity contribution in [2.45, 2.75) is 13.8 Å². The van der Waals surface area contributed by atoms with Crippen molar-refractivity contribution < 1.29 is 19.1 Å². The number of aliphatic imine (C=N–C) groups is 1. The molecule has 1 heterocycles. The first kappa shape index (κ1) is 14.8. The molecule has 21 heavy (non-hydrogen) atoms. The fraction of sp³-hybridized carbons (Fsp3) is 0.267. The van der Waals surface area contributed by atoms with Crippen molar-refractivity contribution in [1.29, 1.82) is 0 Å². The van der Waals surface area contributed by atoms with Gasteiger partial charge in [0.25, 0.3) is 5.91 Å². The Labute approximate surface area is 122 Å². The Morgan fingerprint density at radius 1 is 1.33 bits per heavy atom. The molecule has 6 heteroatoms. The molecule has 0 aromatic heterocycles. The lowest BCUT2D eigenvalue weighted by Crippen LogP contribution is -2.21. The third-order valence-corrected chi connectivity index (χ3v) is 2.66. The minimum atomic E-state index is -0.406. The topological polar surface area (TPSA) is 77.0 Å². The van der Waals surface area contributed by atoms with Crippen LogP contribution in [-0.4, -0.2) is 30.9 Å². The van der Waals surface area contributed by atoms with Crippen LogP contribution < -0.4 is 10.1 Å². The highest BCUT2D eigenvalue weighted by atomic mass is 16.6. The summed E-state index contributed by atoms with van der Waals surface area (Å²) in [7, 11) is 0. The van der Waals surface area contributed by atoms with E-state index in [0.29, 0.717) is 23.9 Å². The van der Waals surface area contributed by atoms with Crippen LogP contribution in [0.25, 0.3) is 6.08 Å². The molecule has 0 saturated carbocycles. The molecule has 0 aliphatic carbocycles. The number of hydrogen-bond donors (Lipinski definition) is 1. The van der Waals surface area contributed by atoms with Crippen LogP contribution in [0.15, 0.2) is 35.0 Å². The van der Waals surface area contributed by atoms with Crippen molar-refractivity contribution in [3.63, 3.8) is 0 Å². The van der Waals surface area contributed by atoms with Crippen molar-refractivity contribution in [2.75, 3.05) is 13.2 Å². The number of carbonyl (C=O) groups is 2. The van der Waals surface area contributed by atoms with Crippen LogP contribution in [0.2, 0.25) is 0 Å². The van der Waals surface area contributed by atoms with E-state index in [-0.39, 0.29) is 12.5 Å². The second-order valence-corrected chi connectivity index (χ2v) is 4.34. The summed E-state index contributed by atoms with van der Waals surface area (Å²) in [5.41, 5.74) is 1.19. The van der Waals surface area contributed by atoms with Crippen LogP contribution in [0.5, 0.6) is 5.75 Å². The molecule has 0 bridgehead atoms. The monoisotopic (exact) mass is 288 g/mol. The number of hydrogen-bond acceptors (Lipinski definition) is 5. The lowest BCUT2D eigenvalue weighted by molar-refractivity contribution is -0.145.